The Kier molecular flexibility index (Phi) is 8.65. The Morgan fingerprint density at radius 2 is 1.64 bits per heavy atom. The van der Waals surface area contributed by atoms with Gasteiger partial charge in [-0.3, -0.25) is 4.79 Å². The molecule has 1 aliphatic carbocycles. The molecule has 2 aromatic rings. The Balaban J connectivity index is 1.85. The van der Waals surface area contributed by atoms with E-state index in [-0.39, 0.29) is 24.5 Å². The van der Waals surface area contributed by atoms with Crippen LogP contribution in [-0.2, 0) is 14.8 Å². The fourth-order valence-electron chi connectivity index (χ4n) is 4.87. The highest BCUT2D eigenvalue weighted by atomic mass is 32.2. The highest BCUT2D eigenvalue weighted by Crippen LogP contribution is 2.31. The number of sulfonamides is 1. The van der Waals surface area contributed by atoms with Gasteiger partial charge < -0.3 is 5.32 Å². The molecule has 0 bridgehead atoms. The van der Waals surface area contributed by atoms with Gasteiger partial charge in [-0.05, 0) is 75.6 Å². The van der Waals surface area contributed by atoms with E-state index in [9.17, 15) is 13.2 Å². The van der Waals surface area contributed by atoms with E-state index in [1.807, 2.05) is 70.3 Å². The van der Waals surface area contributed by atoms with Crippen LogP contribution >= 0.6 is 11.8 Å². The summed E-state index contributed by atoms with van der Waals surface area (Å²) in [5.41, 5.74) is 3.50. The topological polar surface area (TPSA) is 66.5 Å². The van der Waals surface area contributed by atoms with Crippen molar-refractivity contribution < 1.29 is 13.2 Å². The highest BCUT2D eigenvalue weighted by molar-refractivity contribution is 7.98. The maximum absolute atomic E-state index is 13.9. The van der Waals surface area contributed by atoms with Gasteiger partial charge in [0.05, 0.1) is 17.5 Å². The molecule has 2 aromatic carbocycles. The quantitative estimate of drug-likeness (QED) is 0.496. The van der Waals surface area contributed by atoms with Crippen molar-refractivity contribution in [2.75, 3.05) is 12.8 Å². The Labute approximate surface area is 203 Å². The number of hydrogen-bond acceptors (Lipinski definition) is 4. The molecule has 1 atom stereocenters. The third kappa shape index (κ3) is 6.19. The molecule has 0 spiro atoms. The van der Waals surface area contributed by atoms with Crippen LogP contribution in [0.3, 0.4) is 0 Å². The first kappa shape index (κ1) is 25.8. The lowest BCUT2D eigenvalue weighted by Gasteiger charge is -2.34. The third-order valence-electron chi connectivity index (χ3n) is 6.45. The first-order chi connectivity index (χ1) is 15.6. The molecule has 1 saturated carbocycles. The predicted octanol–water partition coefficient (Wildman–Crippen LogP) is 5.53. The van der Waals surface area contributed by atoms with Crippen molar-refractivity contribution in [3.05, 3.63) is 58.7 Å². The first-order valence-corrected chi connectivity index (χ1v) is 14.3. The van der Waals surface area contributed by atoms with Gasteiger partial charge >= 0.3 is 0 Å². The second kappa shape index (κ2) is 11.1. The zero-order valence-corrected chi connectivity index (χ0v) is 22.0. The smallest absolute Gasteiger partial charge is 0.244 e. The van der Waals surface area contributed by atoms with Crippen LogP contribution in [0.15, 0.2) is 46.2 Å². The van der Waals surface area contributed by atoms with Crippen molar-refractivity contribution >= 4 is 27.7 Å². The van der Waals surface area contributed by atoms with E-state index in [0.29, 0.717) is 4.90 Å². The number of aryl methyl sites for hydroxylation is 3. The minimum atomic E-state index is -3.81. The van der Waals surface area contributed by atoms with E-state index in [1.54, 1.807) is 11.8 Å². The molecule has 1 N–H and O–H groups in total. The van der Waals surface area contributed by atoms with Gasteiger partial charge in [0, 0.05) is 10.9 Å². The van der Waals surface area contributed by atoms with Crippen molar-refractivity contribution in [2.24, 2.45) is 0 Å². The Hall–Kier alpha value is -1.83. The zero-order chi connectivity index (χ0) is 24.2. The molecule has 0 aliphatic heterocycles. The van der Waals surface area contributed by atoms with Crippen molar-refractivity contribution in [3.63, 3.8) is 0 Å². The fraction of sp³-hybridized carbons (Fsp3) is 0.500. The van der Waals surface area contributed by atoms with Crippen LogP contribution in [0.25, 0.3) is 0 Å². The lowest BCUT2D eigenvalue weighted by Crippen LogP contribution is -2.47. The average Bonchev–Trinajstić information content (AvgIpc) is 2.77. The van der Waals surface area contributed by atoms with E-state index < -0.39 is 10.0 Å². The number of nitrogens with zero attached hydrogens (tertiary/aromatic N) is 1. The van der Waals surface area contributed by atoms with Crippen LogP contribution in [0.2, 0.25) is 0 Å². The molecule has 180 valence electrons. The van der Waals surface area contributed by atoms with Crippen LogP contribution in [0.1, 0.15) is 67.3 Å². The number of benzene rings is 2. The van der Waals surface area contributed by atoms with Crippen molar-refractivity contribution in [1.82, 2.24) is 9.62 Å². The molecule has 1 aliphatic rings. The third-order valence-corrected chi connectivity index (χ3v) is 9.39. The molecular formula is C26H36N2O3S2. The summed E-state index contributed by atoms with van der Waals surface area (Å²) in [7, 11) is -3.81. The Bertz CT molecular complexity index is 1050. The largest absolute Gasteiger partial charge is 0.348 e. The standard InChI is InChI=1S/C26H36N2O3S2/c1-18-15-19(2)26(20(3)16-18)33(30,31)28(23-9-7-6-8-10-23)17-25(29)27-21(4)22-11-13-24(32-5)14-12-22/h11-16,21,23H,6-10,17H2,1-5H3,(H,27,29). The SMILES string of the molecule is CSc1ccc(C(C)NC(=O)CN(C2CCCCC2)S(=O)(=O)c2c(C)cc(C)cc2C)cc1. The molecule has 0 radical (unpaired) electrons. The van der Waals surface area contributed by atoms with Gasteiger partial charge in [-0.25, -0.2) is 8.42 Å². The van der Waals surface area contributed by atoms with Crippen LogP contribution in [0.5, 0.6) is 0 Å². The lowest BCUT2D eigenvalue weighted by atomic mass is 9.95. The van der Waals surface area contributed by atoms with Crippen molar-refractivity contribution in [2.45, 2.75) is 81.7 Å². The average molecular weight is 489 g/mol. The van der Waals surface area contributed by atoms with Gasteiger partial charge in [-0.15, -0.1) is 11.8 Å². The van der Waals surface area contributed by atoms with E-state index in [0.717, 1.165) is 59.3 Å². The summed E-state index contributed by atoms with van der Waals surface area (Å²) in [5, 5.41) is 3.01. The van der Waals surface area contributed by atoms with Crippen LogP contribution in [0.4, 0.5) is 0 Å². The number of carbonyl (C=O) groups excluding carboxylic acids is 1. The molecule has 0 aromatic heterocycles. The number of rotatable bonds is 8. The monoisotopic (exact) mass is 488 g/mol. The van der Waals surface area contributed by atoms with E-state index >= 15 is 0 Å². The van der Waals surface area contributed by atoms with Gasteiger partial charge in [0.1, 0.15) is 0 Å². The molecule has 7 heteroatoms. The fourth-order valence-corrected chi connectivity index (χ4v) is 7.34. The first-order valence-electron chi connectivity index (χ1n) is 11.7. The minimum Gasteiger partial charge on any atom is -0.348 e. The van der Waals surface area contributed by atoms with Crippen LogP contribution < -0.4 is 5.32 Å². The minimum absolute atomic E-state index is 0.147. The van der Waals surface area contributed by atoms with Crippen LogP contribution in [-0.4, -0.2) is 37.5 Å². The number of thioether (sulfide) groups is 1. The molecule has 33 heavy (non-hydrogen) atoms. The maximum atomic E-state index is 13.9. The van der Waals surface area contributed by atoms with E-state index in [4.69, 9.17) is 0 Å². The van der Waals surface area contributed by atoms with Gasteiger partial charge in [0.2, 0.25) is 15.9 Å². The summed E-state index contributed by atoms with van der Waals surface area (Å²) in [4.78, 5) is 14.6. The van der Waals surface area contributed by atoms with Gasteiger partial charge in [-0.2, -0.15) is 4.31 Å². The Morgan fingerprint density at radius 1 is 1.06 bits per heavy atom. The Morgan fingerprint density at radius 3 is 2.18 bits per heavy atom. The molecular weight excluding hydrogens is 452 g/mol. The molecule has 5 nitrogen and oxygen atoms in total. The zero-order valence-electron chi connectivity index (χ0n) is 20.3. The second-order valence-corrected chi connectivity index (χ2v) is 11.8. The predicted molar refractivity (Wildman–Crippen MR) is 136 cm³/mol. The second-order valence-electron chi connectivity index (χ2n) is 9.13. The molecule has 0 saturated heterocycles. The van der Waals surface area contributed by atoms with Gasteiger partial charge in [-0.1, -0.05) is 49.1 Å². The molecule has 0 heterocycles. The summed E-state index contributed by atoms with van der Waals surface area (Å²) < 4.78 is 29.2. The van der Waals surface area contributed by atoms with Crippen molar-refractivity contribution in [1.29, 1.82) is 0 Å². The van der Waals surface area contributed by atoms with Gasteiger partial charge in [0.25, 0.3) is 0 Å². The molecule has 3 rings (SSSR count). The summed E-state index contributed by atoms with van der Waals surface area (Å²) in [6, 6.07) is 11.5. The number of carbonyl (C=O) groups is 1. The maximum Gasteiger partial charge on any atom is 0.244 e. The molecule has 1 unspecified atom stereocenters. The van der Waals surface area contributed by atoms with E-state index in [2.05, 4.69) is 5.32 Å². The normalized spacial score (nSPS) is 16.1. The summed E-state index contributed by atoms with van der Waals surface area (Å²) in [6.45, 7) is 7.42. The molecule has 1 amide bonds. The summed E-state index contributed by atoms with van der Waals surface area (Å²) in [5.74, 6) is -0.270. The summed E-state index contributed by atoms with van der Waals surface area (Å²) >= 11 is 1.67. The summed E-state index contributed by atoms with van der Waals surface area (Å²) in [6.07, 6.45) is 6.70. The number of amides is 1. The number of nitrogens with one attached hydrogen (secondary N) is 1. The van der Waals surface area contributed by atoms with E-state index in [1.165, 1.54) is 4.31 Å². The highest BCUT2D eigenvalue weighted by Gasteiger charge is 2.36. The lowest BCUT2D eigenvalue weighted by molar-refractivity contribution is -0.122. The molecule has 1 fully saturated rings. The van der Waals surface area contributed by atoms with Crippen molar-refractivity contribution in [3.8, 4) is 0 Å². The van der Waals surface area contributed by atoms with Crippen LogP contribution in [0, 0.1) is 20.8 Å². The number of hydrogen-bond donors (Lipinski definition) is 1. The van der Waals surface area contributed by atoms with Gasteiger partial charge in [0.15, 0.2) is 0 Å².